The summed E-state index contributed by atoms with van der Waals surface area (Å²) in [6.45, 7) is 8.55. The number of aromatic nitrogens is 3. The molecule has 0 unspecified atom stereocenters. The summed E-state index contributed by atoms with van der Waals surface area (Å²) < 4.78 is 12.5. The number of benzene rings is 2. The van der Waals surface area contributed by atoms with Crippen LogP contribution in [0.3, 0.4) is 0 Å². The molecule has 0 spiro atoms. The number of pyridine rings is 1. The van der Waals surface area contributed by atoms with Crippen LogP contribution in [0.15, 0.2) is 42.6 Å². The van der Waals surface area contributed by atoms with Crippen LogP contribution in [0.25, 0.3) is 16.7 Å². The van der Waals surface area contributed by atoms with Crippen molar-refractivity contribution in [3.63, 3.8) is 0 Å². The normalized spacial score (nSPS) is 10.8. The van der Waals surface area contributed by atoms with Crippen LogP contribution in [0.4, 0.5) is 5.82 Å². The van der Waals surface area contributed by atoms with Crippen molar-refractivity contribution >= 4 is 22.6 Å². The maximum absolute atomic E-state index is 12.9. The van der Waals surface area contributed by atoms with Crippen molar-refractivity contribution < 1.29 is 14.3 Å². The third kappa shape index (κ3) is 5.01. The molecule has 0 atom stereocenters. The fourth-order valence-electron chi connectivity index (χ4n) is 4.25. The second-order valence-corrected chi connectivity index (χ2v) is 8.67. The molecular weight excluding hydrogens is 454 g/mol. The second kappa shape index (κ2) is 10.5. The molecule has 4 rings (SSSR count). The number of aryl methyl sites for hydroxylation is 4. The van der Waals surface area contributed by atoms with Gasteiger partial charge in [0.1, 0.15) is 11.6 Å². The average Bonchev–Trinajstić information content (AvgIpc) is 3.26. The van der Waals surface area contributed by atoms with Crippen LogP contribution < -0.4 is 14.8 Å². The molecule has 0 radical (unpaired) electrons. The Balaban J connectivity index is 1.58. The van der Waals surface area contributed by atoms with Gasteiger partial charge >= 0.3 is 0 Å². The zero-order valence-electron chi connectivity index (χ0n) is 21.2. The minimum absolute atomic E-state index is 0.218. The smallest absolute Gasteiger partial charge is 0.225 e. The van der Waals surface area contributed by atoms with Gasteiger partial charge in [-0.15, -0.1) is 0 Å². The monoisotopic (exact) mass is 483 g/mol. The maximum Gasteiger partial charge on any atom is 0.225 e. The van der Waals surface area contributed by atoms with Gasteiger partial charge in [-0.25, -0.2) is 4.98 Å². The van der Waals surface area contributed by atoms with Gasteiger partial charge in [0.25, 0.3) is 0 Å². The predicted molar refractivity (Wildman–Crippen MR) is 139 cm³/mol. The Morgan fingerprint density at radius 3 is 2.64 bits per heavy atom. The fraction of sp³-hybridized carbons (Fsp3) is 0.286. The van der Waals surface area contributed by atoms with Gasteiger partial charge in [0.15, 0.2) is 23.1 Å². The molecule has 1 N–H and O–H groups in total. The van der Waals surface area contributed by atoms with Crippen LogP contribution >= 0.6 is 0 Å². The Labute approximate surface area is 210 Å². The van der Waals surface area contributed by atoms with E-state index in [9.17, 15) is 10.1 Å². The Morgan fingerprint density at radius 1 is 1.11 bits per heavy atom. The van der Waals surface area contributed by atoms with Gasteiger partial charge in [-0.2, -0.15) is 15.0 Å². The number of fused-ring (bicyclic) bond motifs is 1. The Morgan fingerprint density at radius 2 is 1.92 bits per heavy atom. The third-order valence-corrected chi connectivity index (χ3v) is 5.97. The van der Waals surface area contributed by atoms with Gasteiger partial charge in [-0.3, -0.25) is 4.79 Å². The molecule has 0 fully saturated rings. The topological polar surface area (TPSA) is 102 Å². The first-order valence-electron chi connectivity index (χ1n) is 11.8. The number of hydrogen-bond donors (Lipinski definition) is 1. The first-order valence-corrected chi connectivity index (χ1v) is 11.8. The minimum atomic E-state index is -0.231. The minimum Gasteiger partial charge on any atom is -0.493 e. The summed E-state index contributed by atoms with van der Waals surface area (Å²) in [5, 5.41) is 17.9. The van der Waals surface area contributed by atoms with E-state index in [0.29, 0.717) is 36.2 Å². The zero-order valence-corrected chi connectivity index (χ0v) is 21.2. The largest absolute Gasteiger partial charge is 0.493 e. The highest BCUT2D eigenvalue weighted by Gasteiger charge is 2.18. The summed E-state index contributed by atoms with van der Waals surface area (Å²) in [4.78, 5) is 17.7. The molecular formula is C28H29N5O3. The van der Waals surface area contributed by atoms with E-state index in [0.717, 1.165) is 27.6 Å². The van der Waals surface area contributed by atoms with Gasteiger partial charge < -0.3 is 14.8 Å². The first kappa shape index (κ1) is 24.7. The first-order chi connectivity index (χ1) is 17.3. The SMILES string of the molecule is CCOc1ccc(CCC(=O)Nc2c(C#N)cnn2-c2cc(C)c3cc(C)cc(C)c3n2)cc1OC. The van der Waals surface area contributed by atoms with Gasteiger partial charge in [0.05, 0.1) is 25.4 Å². The van der Waals surface area contributed by atoms with Crippen LogP contribution in [-0.4, -0.2) is 34.4 Å². The number of carbonyl (C=O) groups is 1. The van der Waals surface area contributed by atoms with Crippen molar-refractivity contribution in [3.05, 3.63) is 70.4 Å². The molecule has 0 bridgehead atoms. The number of nitriles is 1. The number of nitrogens with zero attached hydrogens (tertiary/aromatic N) is 4. The number of hydrogen-bond acceptors (Lipinski definition) is 6. The van der Waals surface area contributed by atoms with Gasteiger partial charge in [0.2, 0.25) is 5.91 Å². The van der Waals surface area contributed by atoms with Crippen LogP contribution in [0.5, 0.6) is 11.5 Å². The van der Waals surface area contributed by atoms with Gasteiger partial charge in [0, 0.05) is 11.8 Å². The lowest BCUT2D eigenvalue weighted by Gasteiger charge is -2.13. The van der Waals surface area contributed by atoms with E-state index in [4.69, 9.17) is 14.5 Å². The van der Waals surface area contributed by atoms with Crippen molar-refractivity contribution in [1.82, 2.24) is 14.8 Å². The van der Waals surface area contributed by atoms with Crippen molar-refractivity contribution in [2.24, 2.45) is 0 Å². The van der Waals surface area contributed by atoms with Crippen molar-refractivity contribution in [3.8, 4) is 23.4 Å². The highest BCUT2D eigenvalue weighted by molar-refractivity contribution is 5.92. The molecule has 1 amide bonds. The van der Waals surface area contributed by atoms with Crippen LogP contribution in [0, 0.1) is 32.1 Å². The number of anilines is 1. The molecule has 0 aliphatic rings. The number of nitrogens with one attached hydrogen (secondary N) is 1. The molecule has 0 aliphatic carbocycles. The van der Waals surface area contributed by atoms with Crippen LogP contribution in [0.2, 0.25) is 0 Å². The molecule has 0 saturated carbocycles. The highest BCUT2D eigenvalue weighted by atomic mass is 16.5. The van der Waals surface area contributed by atoms with Crippen molar-refractivity contribution in [2.45, 2.75) is 40.5 Å². The molecule has 0 saturated heterocycles. The molecule has 8 heteroatoms. The van der Waals surface area contributed by atoms with E-state index in [2.05, 4.69) is 35.5 Å². The van der Waals surface area contributed by atoms with E-state index in [1.807, 2.05) is 45.0 Å². The second-order valence-electron chi connectivity index (χ2n) is 8.67. The summed E-state index contributed by atoms with van der Waals surface area (Å²) in [5.41, 5.74) is 5.34. The molecule has 8 nitrogen and oxygen atoms in total. The van der Waals surface area contributed by atoms with E-state index in [1.165, 1.54) is 16.4 Å². The number of carbonyl (C=O) groups excluding carboxylic acids is 1. The summed E-state index contributed by atoms with van der Waals surface area (Å²) >= 11 is 0. The van der Waals surface area contributed by atoms with Crippen molar-refractivity contribution in [2.75, 3.05) is 19.0 Å². The Kier molecular flexibility index (Phi) is 7.20. The summed E-state index contributed by atoms with van der Waals surface area (Å²) in [7, 11) is 1.59. The molecule has 36 heavy (non-hydrogen) atoms. The highest BCUT2D eigenvalue weighted by Crippen LogP contribution is 2.29. The lowest BCUT2D eigenvalue weighted by atomic mass is 10.0. The lowest BCUT2D eigenvalue weighted by Crippen LogP contribution is -2.17. The summed E-state index contributed by atoms with van der Waals surface area (Å²) in [6, 6.07) is 13.8. The lowest BCUT2D eigenvalue weighted by molar-refractivity contribution is -0.116. The third-order valence-electron chi connectivity index (χ3n) is 5.97. The number of methoxy groups -OCH3 is 1. The number of rotatable bonds is 8. The maximum atomic E-state index is 12.9. The molecule has 0 aliphatic heterocycles. The van der Waals surface area contributed by atoms with Gasteiger partial charge in [-0.1, -0.05) is 17.7 Å². The average molecular weight is 484 g/mol. The van der Waals surface area contributed by atoms with E-state index >= 15 is 0 Å². The van der Waals surface area contributed by atoms with Crippen molar-refractivity contribution in [1.29, 1.82) is 5.26 Å². The van der Waals surface area contributed by atoms with E-state index < -0.39 is 0 Å². The number of amides is 1. The van der Waals surface area contributed by atoms with Gasteiger partial charge in [-0.05, 0) is 75.1 Å². The Hall–Kier alpha value is -4.38. The van der Waals surface area contributed by atoms with E-state index in [-0.39, 0.29) is 17.9 Å². The number of ether oxygens (including phenoxy) is 2. The zero-order chi connectivity index (χ0) is 25.8. The predicted octanol–water partition coefficient (Wildman–Crippen LogP) is 5.20. The quantitative estimate of drug-likeness (QED) is 0.370. The van der Waals surface area contributed by atoms with Crippen LogP contribution in [0.1, 0.15) is 41.2 Å². The summed E-state index contributed by atoms with van der Waals surface area (Å²) in [6.07, 6.45) is 2.16. The molecule has 2 aromatic carbocycles. The summed E-state index contributed by atoms with van der Waals surface area (Å²) in [5.74, 6) is 1.91. The van der Waals surface area contributed by atoms with Crippen LogP contribution in [-0.2, 0) is 11.2 Å². The Bertz CT molecular complexity index is 1480. The molecule has 184 valence electrons. The fourth-order valence-corrected chi connectivity index (χ4v) is 4.25. The molecule has 2 heterocycles. The van der Waals surface area contributed by atoms with E-state index in [1.54, 1.807) is 7.11 Å². The standard InChI is InChI=1S/C28H29N5O3/c1-6-36-23-9-7-20(14-24(23)35-5)8-10-26(34)32-28-21(15-29)16-30-33(28)25-13-18(3)22-12-17(2)11-19(4)27(22)31-25/h7,9,11-14,16H,6,8,10H2,1-5H3,(H,32,34). The molecule has 4 aromatic rings. The molecule has 2 aromatic heterocycles.